The number of amides is 1. The molecule has 0 radical (unpaired) electrons. The van der Waals surface area contributed by atoms with Crippen LogP contribution in [0.15, 0.2) is 54.1 Å². The van der Waals surface area contributed by atoms with Crippen molar-refractivity contribution in [3.8, 4) is 5.75 Å². The second kappa shape index (κ2) is 9.73. The first kappa shape index (κ1) is 22.3. The van der Waals surface area contributed by atoms with E-state index >= 15 is 0 Å². The van der Waals surface area contributed by atoms with Gasteiger partial charge in [0.05, 0.1) is 18.7 Å². The highest BCUT2D eigenvalue weighted by atomic mass is 35.5. The van der Waals surface area contributed by atoms with Gasteiger partial charge in [0.2, 0.25) is 0 Å². The zero-order valence-corrected chi connectivity index (χ0v) is 18.6. The third kappa shape index (κ3) is 4.50. The summed E-state index contributed by atoms with van der Waals surface area (Å²) in [4.78, 5) is 29.9. The maximum atomic E-state index is 13.1. The zero-order chi connectivity index (χ0) is 22.7. The van der Waals surface area contributed by atoms with Crippen LogP contribution in [-0.4, -0.2) is 73.0 Å². The fraction of sp³-hybridized carbons (Fsp3) is 0.333. The first-order valence-electron chi connectivity index (χ1n) is 10.6. The molecule has 2 heterocycles. The molecular weight excluding hydrogens is 430 g/mol. The average molecular weight is 456 g/mol. The Morgan fingerprint density at radius 1 is 1.06 bits per heavy atom. The summed E-state index contributed by atoms with van der Waals surface area (Å²) < 4.78 is 5.17. The van der Waals surface area contributed by atoms with Gasteiger partial charge in [0, 0.05) is 49.9 Å². The topological polar surface area (TPSA) is 82.1 Å². The first-order chi connectivity index (χ1) is 15.5. The molecule has 2 fully saturated rings. The normalized spacial score (nSPS) is 21.2. The predicted octanol–water partition coefficient (Wildman–Crippen LogP) is 2.68. The lowest BCUT2D eigenvalue weighted by Gasteiger charge is -2.31. The van der Waals surface area contributed by atoms with Crippen LogP contribution in [-0.2, 0) is 9.59 Å². The second-order valence-corrected chi connectivity index (χ2v) is 8.30. The number of nitrogens with zero attached hydrogens (tertiary/aromatic N) is 2. The zero-order valence-electron chi connectivity index (χ0n) is 17.9. The van der Waals surface area contributed by atoms with Crippen molar-refractivity contribution < 1.29 is 19.4 Å². The number of aliphatic hydroxyl groups excluding tert-OH is 1. The Labute approximate surface area is 192 Å². The molecule has 1 amide bonds. The lowest BCUT2D eigenvalue weighted by atomic mass is 9.95. The van der Waals surface area contributed by atoms with E-state index in [2.05, 4.69) is 10.2 Å². The SMILES string of the molecule is COc1ccc(C(O)=C2C(=O)C(=O)N(CCN3CCNCC3)[C@@H]2c2ccc(Cl)cc2)cc1. The number of aliphatic hydroxyl groups is 1. The quantitative estimate of drug-likeness (QED) is 0.396. The maximum Gasteiger partial charge on any atom is 0.295 e. The van der Waals surface area contributed by atoms with Gasteiger partial charge in [-0.15, -0.1) is 0 Å². The number of rotatable bonds is 6. The van der Waals surface area contributed by atoms with Crippen molar-refractivity contribution in [2.75, 3.05) is 46.4 Å². The first-order valence-corrected chi connectivity index (χ1v) is 11.0. The highest BCUT2D eigenvalue weighted by Crippen LogP contribution is 2.39. The van der Waals surface area contributed by atoms with E-state index in [1.54, 1.807) is 60.5 Å². The Balaban J connectivity index is 1.71. The fourth-order valence-corrected chi connectivity index (χ4v) is 4.32. The third-order valence-corrected chi connectivity index (χ3v) is 6.21. The van der Waals surface area contributed by atoms with Gasteiger partial charge in [0.1, 0.15) is 11.5 Å². The van der Waals surface area contributed by atoms with Crippen molar-refractivity contribution in [2.45, 2.75) is 6.04 Å². The molecular formula is C24H26ClN3O4. The number of benzene rings is 2. The highest BCUT2D eigenvalue weighted by Gasteiger charge is 2.46. The van der Waals surface area contributed by atoms with Crippen molar-refractivity contribution in [3.63, 3.8) is 0 Å². The summed E-state index contributed by atoms with van der Waals surface area (Å²) in [5.74, 6) is -0.850. The van der Waals surface area contributed by atoms with Crippen LogP contribution in [0.3, 0.4) is 0 Å². The smallest absolute Gasteiger partial charge is 0.295 e. The molecule has 4 rings (SSSR count). The molecule has 2 aromatic carbocycles. The minimum atomic E-state index is -0.683. The van der Waals surface area contributed by atoms with Gasteiger partial charge in [-0.2, -0.15) is 0 Å². The van der Waals surface area contributed by atoms with Crippen molar-refractivity contribution in [2.24, 2.45) is 0 Å². The molecule has 2 saturated heterocycles. The number of likely N-dealkylation sites (tertiary alicyclic amines) is 1. The summed E-state index contributed by atoms with van der Waals surface area (Å²) in [7, 11) is 1.55. The summed E-state index contributed by atoms with van der Waals surface area (Å²) in [6.07, 6.45) is 0. The van der Waals surface area contributed by atoms with Crippen molar-refractivity contribution in [1.82, 2.24) is 15.1 Å². The molecule has 0 aromatic heterocycles. The van der Waals surface area contributed by atoms with E-state index in [1.165, 1.54) is 0 Å². The number of methoxy groups -OCH3 is 1. The number of hydrogen-bond donors (Lipinski definition) is 2. The minimum Gasteiger partial charge on any atom is -0.507 e. The fourth-order valence-electron chi connectivity index (χ4n) is 4.19. The molecule has 0 unspecified atom stereocenters. The molecule has 0 aliphatic carbocycles. The van der Waals surface area contributed by atoms with Crippen molar-refractivity contribution in [1.29, 1.82) is 0 Å². The van der Waals surface area contributed by atoms with E-state index < -0.39 is 17.7 Å². The van der Waals surface area contributed by atoms with E-state index in [1.807, 2.05) is 0 Å². The molecule has 2 N–H and O–H groups in total. The van der Waals surface area contributed by atoms with Gasteiger partial charge in [-0.3, -0.25) is 14.5 Å². The molecule has 7 nitrogen and oxygen atoms in total. The largest absolute Gasteiger partial charge is 0.507 e. The number of halogens is 1. The molecule has 32 heavy (non-hydrogen) atoms. The lowest BCUT2D eigenvalue weighted by Crippen LogP contribution is -2.46. The van der Waals surface area contributed by atoms with Gasteiger partial charge in [-0.05, 0) is 42.0 Å². The van der Waals surface area contributed by atoms with Crippen LogP contribution in [0.2, 0.25) is 5.02 Å². The van der Waals surface area contributed by atoms with Crippen LogP contribution in [0.4, 0.5) is 0 Å². The van der Waals surface area contributed by atoms with Gasteiger partial charge in [-0.25, -0.2) is 0 Å². The van der Waals surface area contributed by atoms with Crippen LogP contribution in [0.25, 0.3) is 5.76 Å². The van der Waals surface area contributed by atoms with Crippen molar-refractivity contribution >= 4 is 29.1 Å². The Hall–Kier alpha value is -2.87. The predicted molar refractivity (Wildman–Crippen MR) is 123 cm³/mol. The molecule has 2 aliphatic rings. The van der Waals surface area contributed by atoms with Gasteiger partial charge in [0.15, 0.2) is 0 Å². The van der Waals surface area contributed by atoms with Crippen molar-refractivity contribution in [3.05, 3.63) is 70.3 Å². The standard InChI is InChI=1S/C24H26ClN3O4/c1-32-19-8-4-17(5-9-19)22(29)20-21(16-2-6-18(25)7-3-16)28(24(31)23(20)30)15-14-27-12-10-26-11-13-27/h2-9,21,26,29H,10-15H2,1H3/t21-/m1/s1. The molecule has 8 heteroatoms. The number of hydrogen-bond acceptors (Lipinski definition) is 6. The number of ketones is 1. The Morgan fingerprint density at radius 3 is 2.34 bits per heavy atom. The monoisotopic (exact) mass is 455 g/mol. The van der Waals surface area contributed by atoms with Crippen LogP contribution < -0.4 is 10.1 Å². The van der Waals surface area contributed by atoms with E-state index in [0.29, 0.717) is 29.4 Å². The molecule has 2 aliphatic heterocycles. The molecule has 0 bridgehead atoms. The summed E-state index contributed by atoms with van der Waals surface area (Å²) in [5.41, 5.74) is 1.26. The number of piperazine rings is 1. The van der Waals surface area contributed by atoms with Gasteiger partial charge in [0.25, 0.3) is 11.7 Å². The van der Waals surface area contributed by atoms with Gasteiger partial charge < -0.3 is 20.1 Å². The lowest BCUT2D eigenvalue weighted by molar-refractivity contribution is -0.140. The number of nitrogens with one attached hydrogen (secondary N) is 1. The van der Waals surface area contributed by atoms with Crippen LogP contribution in [0, 0.1) is 0 Å². The summed E-state index contributed by atoms with van der Waals surface area (Å²) >= 11 is 6.06. The van der Waals surface area contributed by atoms with Crippen LogP contribution in [0.1, 0.15) is 17.2 Å². The number of carbonyl (C=O) groups is 2. The number of carbonyl (C=O) groups excluding carboxylic acids is 2. The molecule has 0 spiro atoms. The van der Waals surface area contributed by atoms with E-state index in [9.17, 15) is 14.7 Å². The van der Waals surface area contributed by atoms with E-state index in [4.69, 9.17) is 16.3 Å². The molecule has 2 aromatic rings. The van der Waals surface area contributed by atoms with Crippen LogP contribution >= 0.6 is 11.6 Å². The minimum absolute atomic E-state index is 0.0859. The Bertz CT molecular complexity index is 1010. The molecule has 0 saturated carbocycles. The van der Waals surface area contributed by atoms with Crippen LogP contribution in [0.5, 0.6) is 5.75 Å². The Kier molecular flexibility index (Phi) is 6.79. The van der Waals surface area contributed by atoms with Gasteiger partial charge >= 0.3 is 0 Å². The third-order valence-electron chi connectivity index (χ3n) is 5.96. The average Bonchev–Trinajstić information content (AvgIpc) is 3.08. The maximum absolute atomic E-state index is 13.1. The Morgan fingerprint density at radius 2 is 1.72 bits per heavy atom. The molecule has 168 valence electrons. The summed E-state index contributed by atoms with van der Waals surface area (Å²) in [5, 5.41) is 15.0. The summed E-state index contributed by atoms with van der Waals surface area (Å²) in [6.45, 7) is 4.62. The second-order valence-electron chi connectivity index (χ2n) is 7.86. The molecule has 1 atom stereocenters. The summed E-state index contributed by atoms with van der Waals surface area (Å²) in [6, 6.07) is 13.1. The number of Topliss-reactive ketones (excluding diaryl/α,β-unsaturated/α-hetero) is 1. The number of ether oxygens (including phenoxy) is 1. The van der Waals surface area contributed by atoms with E-state index in [-0.39, 0.29) is 11.3 Å². The van der Waals surface area contributed by atoms with Gasteiger partial charge in [-0.1, -0.05) is 23.7 Å². The highest BCUT2D eigenvalue weighted by molar-refractivity contribution is 6.46. The van der Waals surface area contributed by atoms with E-state index in [0.717, 1.165) is 31.7 Å².